The molecule has 1 aromatic carbocycles. The fourth-order valence-corrected chi connectivity index (χ4v) is 1.53. The lowest BCUT2D eigenvalue weighted by molar-refractivity contribution is -0.0493. The highest BCUT2D eigenvalue weighted by Gasteiger charge is 2.10. The van der Waals surface area contributed by atoms with Crippen LogP contribution in [0, 0.1) is 0 Å². The molecule has 1 aromatic rings. The number of para-hydroxylation sites is 2. The molecule has 0 fully saturated rings. The predicted molar refractivity (Wildman–Crippen MR) is 67.6 cm³/mol. The summed E-state index contributed by atoms with van der Waals surface area (Å²) in [5, 5.41) is 6.12. The average Bonchev–Trinajstić information content (AvgIpc) is 2.18. The zero-order chi connectivity index (χ0) is 12.8. The van der Waals surface area contributed by atoms with Crippen molar-refractivity contribution in [2.75, 3.05) is 5.32 Å². The van der Waals surface area contributed by atoms with Crippen LogP contribution in [-0.4, -0.2) is 17.8 Å². The van der Waals surface area contributed by atoms with Gasteiger partial charge in [-0.15, -0.1) is 0 Å². The zero-order valence-electron chi connectivity index (χ0n) is 9.54. The lowest BCUT2D eigenvalue weighted by atomic mass is 10.3. The topological polar surface area (TPSA) is 33.3 Å². The van der Waals surface area contributed by atoms with Crippen LogP contribution in [0.2, 0.25) is 0 Å². The van der Waals surface area contributed by atoms with Crippen LogP contribution in [0.1, 0.15) is 13.8 Å². The van der Waals surface area contributed by atoms with Crippen molar-refractivity contribution < 1.29 is 13.5 Å². The molecule has 0 heterocycles. The lowest BCUT2D eigenvalue weighted by Gasteiger charge is -2.15. The minimum absolute atomic E-state index is 0.0652. The average molecular weight is 260 g/mol. The van der Waals surface area contributed by atoms with Crippen molar-refractivity contribution in [1.82, 2.24) is 5.32 Å². The Morgan fingerprint density at radius 2 is 1.94 bits per heavy atom. The molecule has 0 atom stereocenters. The van der Waals surface area contributed by atoms with Crippen LogP contribution in [0.4, 0.5) is 14.5 Å². The summed E-state index contributed by atoms with van der Waals surface area (Å²) in [6.07, 6.45) is 0. The first-order valence-corrected chi connectivity index (χ1v) is 5.51. The van der Waals surface area contributed by atoms with Gasteiger partial charge in [-0.05, 0) is 38.2 Å². The Morgan fingerprint density at radius 3 is 2.53 bits per heavy atom. The third-order valence-corrected chi connectivity index (χ3v) is 1.99. The Balaban J connectivity index is 2.72. The Kier molecular flexibility index (Phi) is 5.09. The van der Waals surface area contributed by atoms with E-state index in [1.54, 1.807) is 18.2 Å². The van der Waals surface area contributed by atoms with Gasteiger partial charge in [0.1, 0.15) is 5.75 Å². The molecule has 0 bridgehead atoms. The summed E-state index contributed by atoms with van der Waals surface area (Å²) in [7, 11) is 0. The van der Waals surface area contributed by atoms with E-state index in [0.717, 1.165) is 0 Å². The summed E-state index contributed by atoms with van der Waals surface area (Å²) in [5.41, 5.74) is 0.408. The summed E-state index contributed by atoms with van der Waals surface area (Å²) < 4.78 is 28.7. The first kappa shape index (κ1) is 13.6. The summed E-state index contributed by atoms with van der Waals surface area (Å²) in [5.74, 6) is 0.0652. The van der Waals surface area contributed by atoms with Crippen molar-refractivity contribution in [1.29, 1.82) is 0 Å². The molecular formula is C11H14F2N2OS. The van der Waals surface area contributed by atoms with Gasteiger partial charge >= 0.3 is 6.61 Å². The second-order valence-corrected chi connectivity index (χ2v) is 4.04. The van der Waals surface area contributed by atoms with E-state index in [4.69, 9.17) is 12.2 Å². The molecule has 0 saturated heterocycles. The number of rotatable bonds is 4. The molecule has 6 heteroatoms. The van der Waals surface area contributed by atoms with Gasteiger partial charge in [0.2, 0.25) is 0 Å². The maximum absolute atomic E-state index is 12.1. The largest absolute Gasteiger partial charge is 0.433 e. The standard InChI is InChI=1S/C11H14F2N2OS/c1-7(2)14-11(17)15-8-5-3-4-6-9(8)16-10(12)13/h3-7,10H,1-2H3,(H2,14,15,17). The molecule has 0 aliphatic heterocycles. The Morgan fingerprint density at radius 1 is 1.29 bits per heavy atom. The van der Waals surface area contributed by atoms with E-state index in [9.17, 15) is 8.78 Å². The minimum atomic E-state index is -2.86. The third kappa shape index (κ3) is 4.95. The fourth-order valence-electron chi connectivity index (χ4n) is 1.19. The molecule has 0 aliphatic rings. The van der Waals surface area contributed by atoms with Crippen LogP contribution in [0.3, 0.4) is 0 Å². The normalized spacial score (nSPS) is 10.5. The molecule has 94 valence electrons. The monoisotopic (exact) mass is 260 g/mol. The van der Waals surface area contributed by atoms with Crippen molar-refractivity contribution in [2.24, 2.45) is 0 Å². The highest BCUT2D eigenvalue weighted by Crippen LogP contribution is 2.25. The molecule has 0 aromatic heterocycles. The van der Waals surface area contributed by atoms with Crippen LogP contribution in [0.5, 0.6) is 5.75 Å². The highest BCUT2D eigenvalue weighted by molar-refractivity contribution is 7.80. The molecule has 0 unspecified atom stereocenters. The maximum Gasteiger partial charge on any atom is 0.387 e. The second-order valence-electron chi connectivity index (χ2n) is 3.63. The van der Waals surface area contributed by atoms with Gasteiger partial charge in [-0.3, -0.25) is 0 Å². The molecule has 17 heavy (non-hydrogen) atoms. The molecule has 0 amide bonds. The molecule has 0 aliphatic carbocycles. The predicted octanol–water partition coefficient (Wildman–Crippen LogP) is 2.98. The number of anilines is 1. The molecule has 1 rings (SSSR count). The number of nitrogens with one attached hydrogen (secondary N) is 2. The smallest absolute Gasteiger partial charge is 0.387 e. The number of hydrogen-bond acceptors (Lipinski definition) is 2. The van der Waals surface area contributed by atoms with Crippen molar-refractivity contribution in [3.8, 4) is 5.75 Å². The van der Waals surface area contributed by atoms with Crippen LogP contribution in [0.25, 0.3) is 0 Å². The first-order valence-electron chi connectivity index (χ1n) is 5.10. The number of alkyl halides is 2. The van der Waals surface area contributed by atoms with E-state index < -0.39 is 6.61 Å². The minimum Gasteiger partial charge on any atom is -0.433 e. The summed E-state index contributed by atoms with van der Waals surface area (Å²) in [6.45, 7) is 0.995. The number of thiocarbonyl (C=S) groups is 1. The first-order chi connectivity index (χ1) is 7.99. The van der Waals surface area contributed by atoms with Gasteiger partial charge < -0.3 is 15.4 Å². The Labute approximate surface area is 104 Å². The third-order valence-electron chi connectivity index (χ3n) is 1.77. The van der Waals surface area contributed by atoms with Gasteiger partial charge in [0.25, 0.3) is 0 Å². The van der Waals surface area contributed by atoms with E-state index in [0.29, 0.717) is 10.8 Å². The number of hydrogen-bond donors (Lipinski definition) is 2. The van der Waals surface area contributed by atoms with Crippen molar-refractivity contribution in [2.45, 2.75) is 26.5 Å². The van der Waals surface area contributed by atoms with Gasteiger partial charge in [0.15, 0.2) is 5.11 Å². The number of ether oxygens (including phenoxy) is 1. The van der Waals surface area contributed by atoms with E-state index >= 15 is 0 Å². The molecule has 3 nitrogen and oxygen atoms in total. The van der Waals surface area contributed by atoms with Crippen molar-refractivity contribution in [3.05, 3.63) is 24.3 Å². The van der Waals surface area contributed by atoms with Crippen LogP contribution < -0.4 is 15.4 Å². The SMILES string of the molecule is CC(C)NC(=S)Nc1ccccc1OC(F)F. The van der Waals surface area contributed by atoms with Crippen molar-refractivity contribution in [3.63, 3.8) is 0 Å². The van der Waals surface area contributed by atoms with Crippen LogP contribution >= 0.6 is 12.2 Å². The molecule has 2 N–H and O–H groups in total. The Bertz CT molecular complexity index is 385. The van der Waals surface area contributed by atoms with Crippen molar-refractivity contribution >= 4 is 23.0 Å². The summed E-state index contributed by atoms with van der Waals surface area (Å²) in [6, 6.07) is 6.55. The molecule has 0 saturated carbocycles. The molecule has 0 spiro atoms. The van der Waals surface area contributed by atoms with E-state index in [1.165, 1.54) is 6.07 Å². The fraction of sp³-hybridized carbons (Fsp3) is 0.364. The van der Waals surface area contributed by atoms with Crippen LogP contribution in [-0.2, 0) is 0 Å². The molecule has 0 radical (unpaired) electrons. The van der Waals surface area contributed by atoms with Gasteiger partial charge in [0.05, 0.1) is 5.69 Å². The number of halogens is 2. The maximum atomic E-state index is 12.1. The lowest BCUT2D eigenvalue weighted by Crippen LogP contribution is -2.34. The van der Waals surface area contributed by atoms with E-state index in [2.05, 4.69) is 15.4 Å². The van der Waals surface area contributed by atoms with E-state index in [1.807, 2.05) is 13.8 Å². The highest BCUT2D eigenvalue weighted by atomic mass is 32.1. The number of benzene rings is 1. The van der Waals surface area contributed by atoms with Gasteiger partial charge in [0, 0.05) is 6.04 Å². The zero-order valence-corrected chi connectivity index (χ0v) is 10.4. The van der Waals surface area contributed by atoms with Crippen LogP contribution in [0.15, 0.2) is 24.3 Å². The Hall–Kier alpha value is -1.43. The molecular weight excluding hydrogens is 246 g/mol. The van der Waals surface area contributed by atoms with E-state index in [-0.39, 0.29) is 11.8 Å². The second kappa shape index (κ2) is 6.34. The van der Waals surface area contributed by atoms with Gasteiger partial charge in [-0.2, -0.15) is 8.78 Å². The quantitative estimate of drug-likeness (QED) is 0.815. The summed E-state index contributed by atoms with van der Waals surface area (Å²) >= 11 is 5.02. The van der Waals surface area contributed by atoms with Gasteiger partial charge in [-0.25, -0.2) is 0 Å². The van der Waals surface area contributed by atoms with Gasteiger partial charge in [-0.1, -0.05) is 12.1 Å². The summed E-state index contributed by atoms with van der Waals surface area (Å²) in [4.78, 5) is 0.